The van der Waals surface area contributed by atoms with Crippen LogP contribution in [0.1, 0.15) is 94.4 Å². The van der Waals surface area contributed by atoms with Crippen molar-refractivity contribution in [3.8, 4) is 11.5 Å². The lowest BCUT2D eigenvalue weighted by Gasteiger charge is -2.38. The fourth-order valence-electron chi connectivity index (χ4n) is 9.18. The van der Waals surface area contributed by atoms with Crippen molar-refractivity contribution in [2.75, 3.05) is 55.5 Å². The SMILES string of the molecule is COc1cccc(C=C2CCC(CN(C)C)C2(O)C2CCCC2)c1.COc1cccc(C=C2CCC(CN(C)C)C2(O)c2ccc(C(C)(C)C)cc2)c1. The molecular formula is C47H66N2O4. The maximum atomic E-state index is 12.1. The summed E-state index contributed by atoms with van der Waals surface area (Å²) in [6.07, 6.45) is 13.2. The van der Waals surface area contributed by atoms with Crippen LogP contribution in [0.25, 0.3) is 12.2 Å². The molecule has 3 saturated carbocycles. The quantitative estimate of drug-likeness (QED) is 0.218. The van der Waals surface area contributed by atoms with Gasteiger partial charge in [-0.2, -0.15) is 0 Å². The molecule has 3 aliphatic rings. The first-order valence-electron chi connectivity index (χ1n) is 19.7. The van der Waals surface area contributed by atoms with Gasteiger partial charge in [0.25, 0.3) is 0 Å². The summed E-state index contributed by atoms with van der Waals surface area (Å²) in [6.45, 7) is 8.47. The van der Waals surface area contributed by atoms with Gasteiger partial charge in [-0.05, 0) is 136 Å². The number of hydrogen-bond donors (Lipinski definition) is 2. The highest BCUT2D eigenvalue weighted by Gasteiger charge is 2.51. The van der Waals surface area contributed by atoms with Crippen LogP contribution in [0.2, 0.25) is 0 Å². The van der Waals surface area contributed by atoms with Crippen LogP contribution in [0.4, 0.5) is 0 Å². The van der Waals surface area contributed by atoms with E-state index in [9.17, 15) is 10.2 Å². The summed E-state index contributed by atoms with van der Waals surface area (Å²) in [4.78, 5) is 4.40. The molecule has 3 fully saturated rings. The lowest BCUT2D eigenvalue weighted by atomic mass is 9.75. The van der Waals surface area contributed by atoms with Gasteiger partial charge in [0.05, 0.1) is 19.8 Å². The Balaban J connectivity index is 0.000000208. The smallest absolute Gasteiger partial charge is 0.119 e. The second kappa shape index (κ2) is 17.4. The molecule has 0 amide bonds. The first-order chi connectivity index (χ1) is 25.2. The van der Waals surface area contributed by atoms with Crippen LogP contribution in [0.3, 0.4) is 0 Å². The van der Waals surface area contributed by atoms with Crippen LogP contribution in [0.15, 0.2) is 83.9 Å². The largest absolute Gasteiger partial charge is 0.497 e. The Kier molecular flexibility index (Phi) is 13.4. The fraction of sp³-hybridized carbons (Fsp3) is 0.532. The molecule has 53 heavy (non-hydrogen) atoms. The van der Waals surface area contributed by atoms with Gasteiger partial charge in [-0.1, -0.05) is 94.3 Å². The first-order valence-corrected chi connectivity index (χ1v) is 19.7. The first kappa shape index (κ1) is 40.8. The van der Waals surface area contributed by atoms with Crippen LogP contribution in [-0.4, -0.2) is 81.1 Å². The third-order valence-electron chi connectivity index (χ3n) is 12.0. The van der Waals surface area contributed by atoms with Crippen LogP contribution >= 0.6 is 0 Å². The van der Waals surface area contributed by atoms with E-state index in [0.29, 0.717) is 11.8 Å². The van der Waals surface area contributed by atoms with Gasteiger partial charge < -0.3 is 29.5 Å². The van der Waals surface area contributed by atoms with E-state index in [1.807, 2.05) is 30.3 Å². The second-order valence-electron chi connectivity index (χ2n) is 17.3. The van der Waals surface area contributed by atoms with E-state index < -0.39 is 11.2 Å². The predicted molar refractivity (Wildman–Crippen MR) is 220 cm³/mol. The van der Waals surface area contributed by atoms with Gasteiger partial charge in [0.2, 0.25) is 0 Å². The van der Waals surface area contributed by atoms with Crippen molar-refractivity contribution in [2.45, 2.75) is 88.8 Å². The van der Waals surface area contributed by atoms with E-state index in [2.05, 4.69) is 113 Å². The zero-order valence-corrected chi connectivity index (χ0v) is 34.0. The molecular weight excluding hydrogens is 657 g/mol. The zero-order valence-electron chi connectivity index (χ0n) is 34.0. The molecule has 6 nitrogen and oxygen atoms in total. The Hall–Kier alpha value is -3.42. The molecule has 6 rings (SSSR count). The molecule has 3 aromatic rings. The van der Waals surface area contributed by atoms with E-state index in [-0.39, 0.29) is 11.3 Å². The highest BCUT2D eigenvalue weighted by molar-refractivity contribution is 5.60. The molecule has 4 unspecified atom stereocenters. The van der Waals surface area contributed by atoms with Crippen molar-refractivity contribution < 1.29 is 19.7 Å². The van der Waals surface area contributed by atoms with E-state index in [0.717, 1.165) is 85.4 Å². The van der Waals surface area contributed by atoms with Crippen LogP contribution in [0, 0.1) is 17.8 Å². The normalized spacial score (nSPS) is 26.4. The van der Waals surface area contributed by atoms with Crippen LogP contribution in [-0.2, 0) is 11.0 Å². The molecule has 0 bridgehead atoms. The summed E-state index contributed by atoms with van der Waals surface area (Å²) < 4.78 is 10.7. The summed E-state index contributed by atoms with van der Waals surface area (Å²) in [7, 11) is 11.8. The standard InChI is InChI=1S/C26H35NO2.C21H31NO2/c1-25(2,3)20-10-12-21(13-11-20)26(28)22(14-15-23(26)18-27(4)5)16-19-8-7-9-24(17-19)29-6;1-22(2)15-19-12-11-18(21(19,23)17-8-4-5-9-17)13-16-7-6-10-20(14-16)24-3/h7-13,16-17,23,28H,14-15,18H2,1-6H3;6-7,10,13-14,17,19,23H,4-5,8-9,11-12,15H2,1-3H3. The summed E-state index contributed by atoms with van der Waals surface area (Å²) in [5.74, 6) is 2.63. The molecule has 3 aromatic carbocycles. The highest BCUT2D eigenvalue weighted by atomic mass is 16.5. The maximum Gasteiger partial charge on any atom is 0.119 e. The highest BCUT2D eigenvalue weighted by Crippen LogP contribution is 2.51. The van der Waals surface area contributed by atoms with Crippen molar-refractivity contribution in [2.24, 2.45) is 17.8 Å². The van der Waals surface area contributed by atoms with E-state index >= 15 is 0 Å². The molecule has 0 spiro atoms. The molecule has 288 valence electrons. The molecule has 0 aromatic heterocycles. The maximum absolute atomic E-state index is 12.1. The van der Waals surface area contributed by atoms with Gasteiger partial charge in [0.1, 0.15) is 17.1 Å². The molecule has 3 aliphatic carbocycles. The monoisotopic (exact) mass is 723 g/mol. The summed E-state index contributed by atoms with van der Waals surface area (Å²) in [5.41, 5.74) is 5.29. The average molecular weight is 723 g/mol. The number of ether oxygens (including phenoxy) is 2. The number of nitrogens with zero attached hydrogens (tertiary/aromatic N) is 2. The predicted octanol–water partition coefficient (Wildman–Crippen LogP) is 9.21. The minimum Gasteiger partial charge on any atom is -0.497 e. The molecule has 0 aliphatic heterocycles. The van der Waals surface area contributed by atoms with Gasteiger partial charge in [0.15, 0.2) is 0 Å². The molecule has 4 atom stereocenters. The molecule has 0 heterocycles. The minimum absolute atomic E-state index is 0.0964. The number of benzene rings is 3. The van der Waals surface area contributed by atoms with E-state index in [1.165, 1.54) is 24.0 Å². The van der Waals surface area contributed by atoms with Gasteiger partial charge in [-0.25, -0.2) is 0 Å². The van der Waals surface area contributed by atoms with Crippen LogP contribution in [0.5, 0.6) is 11.5 Å². The third-order valence-corrected chi connectivity index (χ3v) is 12.0. The van der Waals surface area contributed by atoms with Gasteiger partial charge in [0, 0.05) is 24.9 Å². The third kappa shape index (κ3) is 9.46. The number of aliphatic hydroxyl groups is 2. The van der Waals surface area contributed by atoms with Crippen molar-refractivity contribution >= 4 is 12.2 Å². The van der Waals surface area contributed by atoms with Crippen molar-refractivity contribution in [1.29, 1.82) is 0 Å². The number of rotatable bonds is 10. The second-order valence-corrected chi connectivity index (χ2v) is 17.3. The number of hydrogen-bond acceptors (Lipinski definition) is 6. The van der Waals surface area contributed by atoms with Crippen molar-refractivity contribution in [1.82, 2.24) is 9.80 Å². The zero-order chi connectivity index (χ0) is 38.4. The summed E-state index contributed by atoms with van der Waals surface area (Å²) >= 11 is 0. The van der Waals surface area contributed by atoms with Gasteiger partial charge >= 0.3 is 0 Å². The Morgan fingerprint density at radius 1 is 0.679 bits per heavy atom. The average Bonchev–Trinajstić information content (AvgIpc) is 3.85. The van der Waals surface area contributed by atoms with Crippen molar-refractivity contribution in [3.63, 3.8) is 0 Å². The molecule has 2 N–H and O–H groups in total. The Morgan fingerprint density at radius 3 is 1.68 bits per heavy atom. The van der Waals surface area contributed by atoms with E-state index in [4.69, 9.17) is 9.47 Å². The van der Waals surface area contributed by atoms with Crippen molar-refractivity contribution in [3.05, 3.63) is 106 Å². The van der Waals surface area contributed by atoms with Gasteiger partial charge in [-0.3, -0.25) is 0 Å². The van der Waals surface area contributed by atoms with Gasteiger partial charge in [-0.15, -0.1) is 0 Å². The molecule has 0 saturated heterocycles. The lowest BCUT2D eigenvalue weighted by Crippen LogP contribution is -2.45. The summed E-state index contributed by atoms with van der Waals surface area (Å²) in [6, 6.07) is 24.8. The Labute approximate surface area is 320 Å². The fourth-order valence-corrected chi connectivity index (χ4v) is 9.18. The topological polar surface area (TPSA) is 65.4 Å². The van der Waals surface area contributed by atoms with Crippen LogP contribution < -0.4 is 9.47 Å². The molecule has 6 heteroatoms. The number of methoxy groups -OCH3 is 2. The van der Waals surface area contributed by atoms with E-state index in [1.54, 1.807) is 14.2 Å². The Morgan fingerprint density at radius 2 is 1.17 bits per heavy atom. The molecule has 0 radical (unpaired) electrons. The lowest BCUT2D eigenvalue weighted by molar-refractivity contribution is -0.0251. The minimum atomic E-state index is -0.955. The summed E-state index contributed by atoms with van der Waals surface area (Å²) in [5, 5.41) is 23.9. The Bertz CT molecular complexity index is 1700.